The van der Waals surface area contributed by atoms with Gasteiger partial charge in [-0.1, -0.05) is 0 Å². The first-order chi connectivity index (χ1) is 9.35. The van der Waals surface area contributed by atoms with Crippen molar-refractivity contribution in [3.05, 3.63) is 18.1 Å². The van der Waals surface area contributed by atoms with E-state index in [9.17, 15) is 0 Å². The molecule has 106 valence electrons. The summed E-state index contributed by atoms with van der Waals surface area (Å²) in [6.45, 7) is 6.85. The van der Waals surface area contributed by atoms with Gasteiger partial charge in [-0.3, -0.25) is 0 Å². The fourth-order valence-electron chi connectivity index (χ4n) is 2.51. The summed E-state index contributed by atoms with van der Waals surface area (Å²) >= 11 is 0. The molecule has 5 heteroatoms. The molecule has 0 aliphatic carbocycles. The highest BCUT2D eigenvalue weighted by molar-refractivity contribution is 5.39. The minimum absolute atomic E-state index is 0.573. The highest BCUT2D eigenvalue weighted by Crippen LogP contribution is 2.25. The number of hydrogen-bond donors (Lipinski definition) is 1. The molecule has 0 radical (unpaired) electrons. The molecule has 1 saturated heterocycles. The molecule has 2 heterocycles. The van der Waals surface area contributed by atoms with Crippen LogP contribution in [-0.2, 0) is 4.74 Å². The van der Waals surface area contributed by atoms with Crippen molar-refractivity contribution in [3.63, 3.8) is 0 Å². The molecule has 1 aliphatic heterocycles. The molecule has 0 amide bonds. The van der Waals surface area contributed by atoms with E-state index in [1.54, 1.807) is 13.4 Å². The van der Waals surface area contributed by atoms with Crippen molar-refractivity contribution in [1.29, 1.82) is 0 Å². The summed E-state index contributed by atoms with van der Waals surface area (Å²) < 4.78 is 5.15. The van der Waals surface area contributed by atoms with Crippen molar-refractivity contribution >= 4 is 5.82 Å². The van der Waals surface area contributed by atoms with Gasteiger partial charge in [0.1, 0.15) is 12.1 Å². The first kappa shape index (κ1) is 14.2. The van der Waals surface area contributed by atoms with E-state index in [2.05, 4.69) is 33.2 Å². The molecular weight excluding hydrogens is 240 g/mol. The number of nitrogens with one attached hydrogen (secondary N) is 1. The van der Waals surface area contributed by atoms with Crippen LogP contribution in [0.5, 0.6) is 0 Å². The van der Waals surface area contributed by atoms with Crippen molar-refractivity contribution < 1.29 is 4.74 Å². The van der Waals surface area contributed by atoms with Gasteiger partial charge in [-0.25, -0.2) is 9.97 Å². The highest BCUT2D eigenvalue weighted by atomic mass is 16.5. The van der Waals surface area contributed by atoms with Crippen LogP contribution in [0.4, 0.5) is 5.82 Å². The molecule has 0 bridgehead atoms. The van der Waals surface area contributed by atoms with Gasteiger partial charge in [0.25, 0.3) is 0 Å². The third-order valence-electron chi connectivity index (χ3n) is 3.70. The zero-order valence-corrected chi connectivity index (χ0v) is 11.9. The van der Waals surface area contributed by atoms with E-state index in [0.717, 1.165) is 38.6 Å². The number of ether oxygens (including phenoxy) is 1. The average Bonchev–Trinajstić information content (AvgIpc) is 2.49. The lowest BCUT2D eigenvalue weighted by Crippen LogP contribution is -2.29. The van der Waals surface area contributed by atoms with E-state index in [-0.39, 0.29) is 0 Å². The number of nitrogens with zero attached hydrogens (tertiary/aromatic N) is 3. The van der Waals surface area contributed by atoms with E-state index >= 15 is 0 Å². The number of likely N-dealkylation sites (N-methyl/N-ethyl adjacent to an activating group) is 1. The molecule has 1 aliphatic rings. The fourth-order valence-corrected chi connectivity index (χ4v) is 2.51. The largest absolute Gasteiger partial charge is 0.383 e. The van der Waals surface area contributed by atoms with Gasteiger partial charge >= 0.3 is 0 Å². The third kappa shape index (κ3) is 3.88. The second kappa shape index (κ2) is 7.40. The molecule has 5 nitrogen and oxygen atoms in total. The maximum Gasteiger partial charge on any atom is 0.132 e. The Bertz CT molecular complexity index is 379. The maximum atomic E-state index is 5.15. The number of methoxy groups -OCH3 is 1. The molecule has 1 aromatic rings. The lowest BCUT2D eigenvalue weighted by atomic mass is 9.94. The van der Waals surface area contributed by atoms with Gasteiger partial charge in [-0.05, 0) is 32.9 Å². The van der Waals surface area contributed by atoms with Crippen LogP contribution in [0.1, 0.15) is 31.4 Å². The molecule has 0 spiro atoms. The lowest BCUT2D eigenvalue weighted by molar-refractivity contribution is 0.205. The molecule has 19 heavy (non-hydrogen) atoms. The van der Waals surface area contributed by atoms with Crippen LogP contribution in [0.15, 0.2) is 12.4 Å². The molecule has 0 atom stereocenters. The molecule has 2 rings (SSSR count). The Hall–Kier alpha value is -1.20. The zero-order valence-electron chi connectivity index (χ0n) is 11.9. The molecule has 1 aromatic heterocycles. The summed E-state index contributed by atoms with van der Waals surface area (Å²) in [5, 5.41) is 3.39. The third-order valence-corrected chi connectivity index (χ3v) is 3.70. The summed E-state index contributed by atoms with van der Waals surface area (Å²) in [5.41, 5.74) is 1.18. The van der Waals surface area contributed by atoms with Gasteiger partial charge in [0.15, 0.2) is 0 Å². The van der Waals surface area contributed by atoms with Crippen LogP contribution in [0.25, 0.3) is 0 Å². The monoisotopic (exact) mass is 264 g/mol. The predicted molar refractivity (Wildman–Crippen MR) is 76.6 cm³/mol. The van der Waals surface area contributed by atoms with E-state index in [0.29, 0.717) is 5.92 Å². The first-order valence-corrected chi connectivity index (χ1v) is 7.11. The quantitative estimate of drug-likeness (QED) is 0.842. The SMILES string of the molecule is CCN(CCOC)c1cc(C2CCNCC2)ncn1. The summed E-state index contributed by atoms with van der Waals surface area (Å²) in [4.78, 5) is 11.1. The molecule has 0 unspecified atom stereocenters. The molecule has 0 saturated carbocycles. The van der Waals surface area contributed by atoms with Crippen molar-refractivity contribution in [3.8, 4) is 0 Å². The van der Waals surface area contributed by atoms with Crippen molar-refractivity contribution in [2.75, 3.05) is 44.8 Å². The standard InChI is InChI=1S/C14H24N4O/c1-3-18(8-9-19-2)14-10-13(16-11-17-14)12-4-6-15-7-5-12/h10-12,15H,3-9H2,1-2H3. The minimum Gasteiger partial charge on any atom is -0.383 e. The Kier molecular flexibility index (Phi) is 5.54. The van der Waals surface area contributed by atoms with E-state index in [1.807, 2.05) is 0 Å². The average molecular weight is 264 g/mol. The van der Waals surface area contributed by atoms with E-state index in [4.69, 9.17) is 4.74 Å². The number of rotatable bonds is 6. The molecular formula is C14H24N4O. The normalized spacial score (nSPS) is 16.5. The number of hydrogen-bond acceptors (Lipinski definition) is 5. The second-order valence-corrected chi connectivity index (χ2v) is 4.90. The highest BCUT2D eigenvalue weighted by Gasteiger charge is 2.17. The van der Waals surface area contributed by atoms with Gasteiger partial charge < -0.3 is 15.0 Å². The summed E-state index contributed by atoms with van der Waals surface area (Å²) in [6.07, 6.45) is 4.03. The summed E-state index contributed by atoms with van der Waals surface area (Å²) in [6, 6.07) is 2.15. The van der Waals surface area contributed by atoms with Crippen LogP contribution in [-0.4, -0.2) is 49.9 Å². The topological polar surface area (TPSA) is 50.3 Å². The van der Waals surface area contributed by atoms with Crippen molar-refractivity contribution in [1.82, 2.24) is 15.3 Å². The number of aromatic nitrogens is 2. The smallest absolute Gasteiger partial charge is 0.132 e. The maximum absolute atomic E-state index is 5.15. The number of piperidine rings is 1. The summed E-state index contributed by atoms with van der Waals surface area (Å²) in [5.74, 6) is 1.59. The zero-order chi connectivity index (χ0) is 13.5. The van der Waals surface area contributed by atoms with Gasteiger partial charge in [0.2, 0.25) is 0 Å². The molecule has 1 N–H and O–H groups in total. The Balaban J connectivity index is 2.08. The van der Waals surface area contributed by atoms with Crippen LogP contribution in [0.2, 0.25) is 0 Å². The Morgan fingerprint density at radius 2 is 2.16 bits per heavy atom. The van der Waals surface area contributed by atoms with Crippen LogP contribution < -0.4 is 10.2 Å². The fraction of sp³-hybridized carbons (Fsp3) is 0.714. The van der Waals surface area contributed by atoms with Crippen LogP contribution >= 0.6 is 0 Å². The Labute approximate surface area is 115 Å². The summed E-state index contributed by atoms with van der Waals surface area (Å²) in [7, 11) is 1.73. The Morgan fingerprint density at radius 3 is 2.84 bits per heavy atom. The van der Waals surface area contributed by atoms with E-state index in [1.165, 1.54) is 18.5 Å². The van der Waals surface area contributed by atoms with Gasteiger partial charge in [-0.15, -0.1) is 0 Å². The number of anilines is 1. The minimum atomic E-state index is 0.573. The van der Waals surface area contributed by atoms with Crippen molar-refractivity contribution in [2.45, 2.75) is 25.7 Å². The van der Waals surface area contributed by atoms with Gasteiger partial charge in [-0.2, -0.15) is 0 Å². The van der Waals surface area contributed by atoms with Crippen LogP contribution in [0.3, 0.4) is 0 Å². The lowest BCUT2D eigenvalue weighted by Gasteiger charge is -2.25. The van der Waals surface area contributed by atoms with Crippen molar-refractivity contribution in [2.24, 2.45) is 0 Å². The van der Waals surface area contributed by atoms with Gasteiger partial charge in [0.05, 0.1) is 6.61 Å². The second-order valence-electron chi connectivity index (χ2n) is 4.90. The van der Waals surface area contributed by atoms with Gasteiger partial charge in [0, 0.05) is 37.9 Å². The van der Waals surface area contributed by atoms with E-state index < -0.39 is 0 Å². The predicted octanol–water partition coefficient (Wildman–Crippen LogP) is 1.42. The van der Waals surface area contributed by atoms with Crippen LogP contribution in [0, 0.1) is 0 Å². The Morgan fingerprint density at radius 1 is 1.37 bits per heavy atom. The molecule has 1 fully saturated rings. The first-order valence-electron chi connectivity index (χ1n) is 7.11. The molecule has 0 aromatic carbocycles.